The van der Waals surface area contributed by atoms with Crippen LogP contribution in [0.4, 0.5) is 0 Å². The SMILES string of the molecule is Cc1c(I)sc2ccc(CC#N)cc12. The third-order valence-corrected chi connectivity index (χ3v) is 4.76. The van der Waals surface area contributed by atoms with Gasteiger partial charge in [-0.15, -0.1) is 11.3 Å². The normalized spacial score (nSPS) is 10.4. The average molecular weight is 313 g/mol. The van der Waals surface area contributed by atoms with Gasteiger partial charge in [-0.2, -0.15) is 5.26 Å². The number of thiophene rings is 1. The van der Waals surface area contributed by atoms with Crippen LogP contribution in [0.3, 0.4) is 0 Å². The smallest absolute Gasteiger partial charge is 0.0695 e. The maximum Gasteiger partial charge on any atom is 0.0695 e. The molecule has 0 saturated heterocycles. The van der Waals surface area contributed by atoms with Crippen LogP contribution in [0.25, 0.3) is 10.1 Å². The van der Waals surface area contributed by atoms with E-state index in [4.69, 9.17) is 5.26 Å². The largest absolute Gasteiger partial charge is 0.198 e. The molecule has 1 nitrogen and oxygen atoms in total. The van der Waals surface area contributed by atoms with Gasteiger partial charge in [-0.25, -0.2) is 0 Å². The van der Waals surface area contributed by atoms with Crippen molar-refractivity contribution >= 4 is 44.0 Å². The zero-order chi connectivity index (χ0) is 10.1. The van der Waals surface area contributed by atoms with Gasteiger partial charge in [-0.05, 0) is 58.2 Å². The molecular formula is C11H8INS. The molecule has 2 rings (SSSR count). The predicted octanol–water partition coefficient (Wildman–Crippen LogP) is 3.88. The lowest BCUT2D eigenvalue weighted by Gasteiger charge is -1.95. The number of hydrogen-bond donors (Lipinski definition) is 0. The molecule has 0 amide bonds. The fraction of sp³-hybridized carbons (Fsp3) is 0.182. The van der Waals surface area contributed by atoms with Gasteiger partial charge in [0.05, 0.1) is 15.4 Å². The van der Waals surface area contributed by atoms with Crippen molar-refractivity contribution in [1.29, 1.82) is 5.26 Å². The van der Waals surface area contributed by atoms with E-state index in [0.717, 1.165) is 5.56 Å². The first kappa shape index (κ1) is 9.94. The molecule has 3 heteroatoms. The van der Waals surface area contributed by atoms with E-state index < -0.39 is 0 Å². The molecule has 0 fully saturated rings. The fourth-order valence-corrected chi connectivity index (χ4v) is 3.36. The summed E-state index contributed by atoms with van der Waals surface area (Å²) in [4.78, 5) is 0. The van der Waals surface area contributed by atoms with E-state index in [-0.39, 0.29) is 0 Å². The van der Waals surface area contributed by atoms with Gasteiger partial charge in [-0.1, -0.05) is 6.07 Å². The van der Waals surface area contributed by atoms with Crippen molar-refractivity contribution in [3.8, 4) is 6.07 Å². The number of rotatable bonds is 1. The summed E-state index contributed by atoms with van der Waals surface area (Å²) in [6, 6.07) is 8.46. The summed E-state index contributed by atoms with van der Waals surface area (Å²) in [5.41, 5.74) is 2.45. The lowest BCUT2D eigenvalue weighted by atomic mass is 10.1. The first-order valence-electron chi connectivity index (χ1n) is 4.27. The van der Waals surface area contributed by atoms with Gasteiger partial charge in [0, 0.05) is 4.70 Å². The minimum Gasteiger partial charge on any atom is -0.198 e. The molecule has 70 valence electrons. The van der Waals surface area contributed by atoms with E-state index in [1.165, 1.54) is 18.5 Å². The minimum atomic E-state index is 0.502. The van der Waals surface area contributed by atoms with Crippen LogP contribution < -0.4 is 0 Å². The van der Waals surface area contributed by atoms with Crippen LogP contribution in [-0.2, 0) is 6.42 Å². The maximum atomic E-state index is 8.62. The Hall–Kier alpha value is -0.600. The van der Waals surface area contributed by atoms with E-state index in [2.05, 4.69) is 47.7 Å². The second-order valence-electron chi connectivity index (χ2n) is 3.17. The van der Waals surface area contributed by atoms with Crippen LogP contribution in [0.1, 0.15) is 11.1 Å². The van der Waals surface area contributed by atoms with Crippen molar-refractivity contribution in [2.24, 2.45) is 0 Å². The van der Waals surface area contributed by atoms with Crippen LogP contribution >= 0.6 is 33.9 Å². The minimum absolute atomic E-state index is 0.502. The zero-order valence-electron chi connectivity index (χ0n) is 7.67. The average Bonchev–Trinajstić information content (AvgIpc) is 2.45. The Morgan fingerprint density at radius 3 is 3.00 bits per heavy atom. The van der Waals surface area contributed by atoms with Crippen molar-refractivity contribution < 1.29 is 0 Å². The van der Waals surface area contributed by atoms with Crippen LogP contribution in [0.15, 0.2) is 18.2 Å². The summed E-state index contributed by atoms with van der Waals surface area (Å²) >= 11 is 4.17. The van der Waals surface area contributed by atoms with E-state index >= 15 is 0 Å². The second kappa shape index (κ2) is 3.87. The summed E-state index contributed by atoms with van der Waals surface area (Å²) in [5.74, 6) is 0. The second-order valence-corrected chi connectivity index (χ2v) is 6.03. The first-order chi connectivity index (χ1) is 6.72. The number of nitrogens with zero attached hydrogens (tertiary/aromatic N) is 1. The number of benzene rings is 1. The highest BCUT2D eigenvalue weighted by atomic mass is 127. The van der Waals surface area contributed by atoms with Gasteiger partial charge in [0.25, 0.3) is 0 Å². The molecule has 2 aromatic rings. The Labute approximate surface area is 101 Å². The molecule has 0 saturated carbocycles. The number of nitriles is 1. The maximum absolute atomic E-state index is 8.62. The van der Waals surface area contributed by atoms with Gasteiger partial charge < -0.3 is 0 Å². The van der Waals surface area contributed by atoms with Gasteiger partial charge in [0.15, 0.2) is 0 Å². The Morgan fingerprint density at radius 1 is 1.50 bits per heavy atom. The Kier molecular flexibility index (Phi) is 2.75. The highest BCUT2D eigenvalue weighted by Gasteiger charge is 2.06. The Bertz CT molecular complexity index is 522. The Balaban J connectivity index is 2.65. The molecule has 0 bridgehead atoms. The van der Waals surface area contributed by atoms with Crippen molar-refractivity contribution in [2.75, 3.05) is 0 Å². The third-order valence-electron chi connectivity index (χ3n) is 2.23. The first-order valence-corrected chi connectivity index (χ1v) is 6.16. The molecule has 0 aliphatic carbocycles. The summed E-state index contributed by atoms with van der Waals surface area (Å²) in [7, 11) is 0. The lowest BCUT2D eigenvalue weighted by Crippen LogP contribution is -1.80. The van der Waals surface area contributed by atoms with Gasteiger partial charge in [0.1, 0.15) is 0 Å². The number of fused-ring (bicyclic) bond motifs is 1. The standard InChI is InChI=1S/C11H8INS/c1-7-9-6-8(4-5-13)2-3-10(9)14-11(7)12/h2-3,6H,4H2,1H3. The molecule has 0 aliphatic heterocycles. The Morgan fingerprint density at radius 2 is 2.29 bits per heavy atom. The summed E-state index contributed by atoms with van der Waals surface area (Å²) in [5, 5.41) is 9.92. The zero-order valence-corrected chi connectivity index (χ0v) is 10.6. The van der Waals surface area contributed by atoms with Crippen molar-refractivity contribution in [3.63, 3.8) is 0 Å². The quantitative estimate of drug-likeness (QED) is 0.733. The van der Waals surface area contributed by atoms with E-state index in [1.54, 1.807) is 0 Å². The summed E-state index contributed by atoms with van der Waals surface area (Å²) < 4.78 is 2.65. The number of aryl methyl sites for hydroxylation is 1. The highest BCUT2D eigenvalue weighted by molar-refractivity contribution is 14.1. The van der Waals surface area contributed by atoms with Crippen LogP contribution in [0.5, 0.6) is 0 Å². The highest BCUT2D eigenvalue weighted by Crippen LogP contribution is 2.32. The molecule has 1 aromatic heterocycles. The molecular weight excluding hydrogens is 305 g/mol. The molecule has 0 radical (unpaired) electrons. The van der Waals surface area contributed by atoms with Crippen molar-refractivity contribution in [2.45, 2.75) is 13.3 Å². The molecule has 0 unspecified atom stereocenters. The molecule has 14 heavy (non-hydrogen) atoms. The van der Waals surface area contributed by atoms with Crippen LogP contribution in [0.2, 0.25) is 0 Å². The van der Waals surface area contributed by atoms with Crippen molar-refractivity contribution in [3.05, 3.63) is 32.2 Å². The predicted molar refractivity (Wildman–Crippen MR) is 68.6 cm³/mol. The van der Waals surface area contributed by atoms with Crippen LogP contribution in [-0.4, -0.2) is 0 Å². The molecule has 0 aliphatic rings. The topological polar surface area (TPSA) is 23.8 Å². The molecule has 0 N–H and O–H groups in total. The molecule has 0 spiro atoms. The van der Waals surface area contributed by atoms with Gasteiger partial charge in [-0.3, -0.25) is 0 Å². The van der Waals surface area contributed by atoms with E-state index in [9.17, 15) is 0 Å². The number of halogens is 1. The van der Waals surface area contributed by atoms with E-state index in [0.29, 0.717) is 6.42 Å². The lowest BCUT2D eigenvalue weighted by molar-refractivity contribution is 1.27. The third kappa shape index (κ3) is 1.64. The molecule has 1 aromatic carbocycles. The summed E-state index contributed by atoms with van der Waals surface area (Å²) in [6.45, 7) is 2.14. The molecule has 1 heterocycles. The van der Waals surface area contributed by atoms with Crippen LogP contribution in [0, 0.1) is 21.1 Å². The summed E-state index contributed by atoms with van der Waals surface area (Å²) in [6.07, 6.45) is 0.502. The number of hydrogen-bond acceptors (Lipinski definition) is 2. The van der Waals surface area contributed by atoms with Gasteiger partial charge >= 0.3 is 0 Å². The monoisotopic (exact) mass is 313 g/mol. The van der Waals surface area contributed by atoms with E-state index in [1.807, 2.05) is 17.4 Å². The fourth-order valence-electron chi connectivity index (χ4n) is 1.44. The van der Waals surface area contributed by atoms with Gasteiger partial charge in [0.2, 0.25) is 0 Å². The molecule has 0 atom stereocenters. The van der Waals surface area contributed by atoms with Crippen molar-refractivity contribution in [1.82, 2.24) is 0 Å².